The topological polar surface area (TPSA) is 59.2 Å². The Morgan fingerprint density at radius 2 is 2.00 bits per heavy atom. The van der Waals surface area contributed by atoms with Crippen LogP contribution >= 0.6 is 23.2 Å². The predicted molar refractivity (Wildman–Crippen MR) is 108 cm³/mol. The van der Waals surface area contributed by atoms with Gasteiger partial charge in [0.25, 0.3) is 0 Å². The van der Waals surface area contributed by atoms with Crippen molar-refractivity contribution in [3.05, 3.63) is 52.0 Å². The van der Waals surface area contributed by atoms with Crippen LogP contribution in [0.2, 0.25) is 10.2 Å². The second kappa shape index (κ2) is 8.01. The number of nitrogens with one attached hydrogen (secondary N) is 2. The molecule has 0 saturated carbocycles. The van der Waals surface area contributed by atoms with Gasteiger partial charge in [0.2, 0.25) is 0 Å². The molecule has 0 atom stereocenters. The van der Waals surface area contributed by atoms with Crippen molar-refractivity contribution >= 4 is 40.2 Å². The fourth-order valence-electron chi connectivity index (χ4n) is 2.92. The molecule has 138 valence electrons. The zero-order valence-corrected chi connectivity index (χ0v) is 16.6. The van der Waals surface area contributed by atoms with E-state index in [0.29, 0.717) is 16.7 Å². The first kappa shape index (κ1) is 18.6. The number of aromatic nitrogens is 3. The van der Waals surface area contributed by atoms with Crippen LogP contribution in [-0.4, -0.2) is 33.7 Å². The fourth-order valence-corrected chi connectivity index (χ4v) is 3.33. The Labute approximate surface area is 162 Å². The molecule has 0 aliphatic rings. The Kier molecular flexibility index (Phi) is 5.74. The van der Waals surface area contributed by atoms with Crippen molar-refractivity contribution in [1.29, 1.82) is 0 Å². The summed E-state index contributed by atoms with van der Waals surface area (Å²) in [4.78, 5) is 8.85. The van der Waals surface area contributed by atoms with Gasteiger partial charge >= 0.3 is 0 Å². The van der Waals surface area contributed by atoms with Crippen molar-refractivity contribution in [2.24, 2.45) is 12.0 Å². The van der Waals surface area contributed by atoms with Crippen molar-refractivity contribution in [3.63, 3.8) is 0 Å². The highest BCUT2D eigenvalue weighted by molar-refractivity contribution is 6.41. The lowest BCUT2D eigenvalue weighted by atomic mass is 10.3. The number of aryl methyl sites for hydroxylation is 1. The summed E-state index contributed by atoms with van der Waals surface area (Å²) in [6.45, 7) is 4.13. The number of halogens is 2. The predicted octanol–water partition coefficient (Wildman–Crippen LogP) is 3.36. The molecule has 0 bridgehead atoms. The Morgan fingerprint density at radius 3 is 2.69 bits per heavy atom. The minimum absolute atomic E-state index is 0.536. The molecule has 0 saturated heterocycles. The van der Waals surface area contributed by atoms with Crippen LogP contribution in [0.25, 0.3) is 11.0 Å². The standard InChI is InChI=1S/C18H22Cl2N6/c1-12-24-15-6-4-5-7-16(15)26(12)9-8-22-18(21-2)23-11-13-10-14(19)17(20)25(13)3/h4-7,10H,8-9,11H2,1-3H3,(H2,21,22,23). The number of fused-ring (bicyclic) bond motifs is 1. The molecule has 2 heterocycles. The summed E-state index contributed by atoms with van der Waals surface area (Å²) in [5, 5.41) is 7.69. The highest BCUT2D eigenvalue weighted by atomic mass is 35.5. The number of guanidine groups is 1. The summed E-state index contributed by atoms with van der Waals surface area (Å²) in [5.74, 6) is 1.73. The molecule has 0 aliphatic carbocycles. The van der Waals surface area contributed by atoms with E-state index in [1.807, 2.05) is 42.8 Å². The first-order valence-electron chi connectivity index (χ1n) is 8.37. The van der Waals surface area contributed by atoms with E-state index in [9.17, 15) is 0 Å². The lowest BCUT2D eigenvalue weighted by molar-refractivity contribution is 0.657. The molecular weight excluding hydrogens is 371 g/mol. The summed E-state index contributed by atoms with van der Waals surface area (Å²) in [5.41, 5.74) is 3.15. The Balaban J connectivity index is 1.57. The van der Waals surface area contributed by atoms with Gasteiger partial charge in [-0.05, 0) is 25.1 Å². The van der Waals surface area contributed by atoms with Gasteiger partial charge in [-0.1, -0.05) is 35.3 Å². The minimum atomic E-state index is 0.536. The monoisotopic (exact) mass is 392 g/mol. The van der Waals surface area contributed by atoms with Crippen molar-refractivity contribution < 1.29 is 0 Å². The van der Waals surface area contributed by atoms with Gasteiger partial charge in [0, 0.05) is 32.9 Å². The van der Waals surface area contributed by atoms with E-state index < -0.39 is 0 Å². The van der Waals surface area contributed by atoms with Crippen molar-refractivity contribution in [1.82, 2.24) is 24.8 Å². The molecule has 0 fully saturated rings. The van der Waals surface area contributed by atoms with Gasteiger partial charge < -0.3 is 19.8 Å². The van der Waals surface area contributed by atoms with Crippen LogP contribution < -0.4 is 10.6 Å². The second-order valence-corrected chi connectivity index (χ2v) is 6.75. The number of nitrogens with zero attached hydrogens (tertiary/aromatic N) is 4. The van der Waals surface area contributed by atoms with E-state index in [1.54, 1.807) is 7.05 Å². The molecule has 2 aromatic heterocycles. The van der Waals surface area contributed by atoms with Crippen molar-refractivity contribution in [2.45, 2.75) is 20.0 Å². The van der Waals surface area contributed by atoms with Crippen LogP contribution in [0.15, 0.2) is 35.3 Å². The molecule has 3 rings (SSSR count). The molecule has 0 unspecified atom stereocenters. The number of hydrogen-bond acceptors (Lipinski definition) is 2. The van der Waals surface area contributed by atoms with E-state index in [1.165, 1.54) is 0 Å². The van der Waals surface area contributed by atoms with E-state index in [-0.39, 0.29) is 0 Å². The van der Waals surface area contributed by atoms with Crippen LogP contribution in [0.3, 0.4) is 0 Å². The third-order valence-electron chi connectivity index (χ3n) is 4.35. The lowest BCUT2D eigenvalue weighted by Crippen LogP contribution is -2.38. The summed E-state index contributed by atoms with van der Waals surface area (Å²) in [6, 6.07) is 10.0. The first-order chi connectivity index (χ1) is 12.5. The highest BCUT2D eigenvalue weighted by Crippen LogP contribution is 2.24. The van der Waals surface area contributed by atoms with Gasteiger partial charge in [-0.2, -0.15) is 0 Å². The number of imidazole rings is 1. The molecule has 0 aliphatic heterocycles. The van der Waals surface area contributed by atoms with Crippen LogP contribution in [0.4, 0.5) is 0 Å². The Bertz CT molecular complexity index is 941. The zero-order valence-electron chi connectivity index (χ0n) is 15.1. The highest BCUT2D eigenvalue weighted by Gasteiger charge is 2.10. The van der Waals surface area contributed by atoms with Crippen molar-refractivity contribution in [3.8, 4) is 0 Å². The van der Waals surface area contributed by atoms with Gasteiger partial charge in [0.15, 0.2) is 5.96 Å². The maximum Gasteiger partial charge on any atom is 0.191 e. The van der Waals surface area contributed by atoms with Crippen molar-refractivity contribution in [2.75, 3.05) is 13.6 Å². The molecule has 3 aromatic rings. The average Bonchev–Trinajstić information content (AvgIpc) is 3.09. The van der Waals surface area contributed by atoms with Crippen LogP contribution in [-0.2, 0) is 20.1 Å². The molecule has 0 radical (unpaired) electrons. The quantitative estimate of drug-likeness (QED) is 0.516. The van der Waals surface area contributed by atoms with E-state index in [0.717, 1.165) is 41.6 Å². The molecule has 2 N–H and O–H groups in total. The number of benzene rings is 1. The van der Waals surface area contributed by atoms with E-state index in [2.05, 4.69) is 31.2 Å². The van der Waals surface area contributed by atoms with Gasteiger partial charge in [0.1, 0.15) is 11.0 Å². The molecule has 26 heavy (non-hydrogen) atoms. The normalized spacial score (nSPS) is 12.0. The summed E-state index contributed by atoms with van der Waals surface area (Å²) in [6.07, 6.45) is 0. The molecule has 0 spiro atoms. The SMILES string of the molecule is CN=C(NCCn1c(C)nc2ccccc21)NCc1cc(Cl)c(Cl)n1C. The number of rotatable bonds is 5. The van der Waals surface area contributed by atoms with Crippen LogP contribution in [0.5, 0.6) is 0 Å². The fraction of sp³-hybridized carbons (Fsp3) is 0.333. The van der Waals surface area contributed by atoms with E-state index in [4.69, 9.17) is 23.2 Å². The Hall–Kier alpha value is -2.18. The van der Waals surface area contributed by atoms with Gasteiger partial charge in [0.05, 0.1) is 22.6 Å². The molecular formula is C18H22Cl2N6. The summed E-state index contributed by atoms with van der Waals surface area (Å²) in [7, 11) is 3.63. The molecule has 0 amide bonds. The number of hydrogen-bond donors (Lipinski definition) is 2. The summed E-state index contributed by atoms with van der Waals surface area (Å²) < 4.78 is 4.05. The third-order valence-corrected chi connectivity index (χ3v) is 5.19. The molecule has 1 aromatic carbocycles. The smallest absolute Gasteiger partial charge is 0.191 e. The minimum Gasteiger partial charge on any atom is -0.355 e. The largest absolute Gasteiger partial charge is 0.355 e. The zero-order chi connectivity index (χ0) is 18.7. The maximum absolute atomic E-state index is 6.10. The Morgan fingerprint density at radius 1 is 1.23 bits per heavy atom. The van der Waals surface area contributed by atoms with Gasteiger partial charge in [-0.25, -0.2) is 4.98 Å². The number of aliphatic imine (C=N–C) groups is 1. The number of para-hydroxylation sites is 2. The van der Waals surface area contributed by atoms with Gasteiger partial charge in [-0.3, -0.25) is 4.99 Å². The third kappa shape index (κ3) is 3.81. The van der Waals surface area contributed by atoms with Gasteiger partial charge in [-0.15, -0.1) is 0 Å². The van der Waals surface area contributed by atoms with E-state index >= 15 is 0 Å². The maximum atomic E-state index is 6.10. The summed E-state index contributed by atoms with van der Waals surface area (Å²) >= 11 is 12.2. The average molecular weight is 393 g/mol. The van der Waals surface area contributed by atoms with Crippen LogP contribution in [0.1, 0.15) is 11.5 Å². The van der Waals surface area contributed by atoms with Crippen LogP contribution in [0, 0.1) is 6.92 Å². The molecule has 8 heteroatoms. The first-order valence-corrected chi connectivity index (χ1v) is 9.13. The lowest BCUT2D eigenvalue weighted by Gasteiger charge is -2.13. The second-order valence-electron chi connectivity index (χ2n) is 5.99. The molecule has 6 nitrogen and oxygen atoms in total.